The maximum Gasteiger partial charge on any atom is 0.253 e. The van der Waals surface area contributed by atoms with Gasteiger partial charge in [0.05, 0.1) is 5.02 Å². The van der Waals surface area contributed by atoms with E-state index in [-0.39, 0.29) is 26.8 Å². The number of hydrogen-bond acceptors (Lipinski definition) is 3. The monoisotopic (exact) mass is 394 g/mol. The Morgan fingerprint density at radius 1 is 1.12 bits per heavy atom. The molecule has 0 spiro atoms. The number of sulfonamides is 1. The Bertz CT molecular complexity index is 917. The molecule has 140 valence electrons. The fourth-order valence-electron chi connectivity index (χ4n) is 2.53. The number of rotatable bonds is 4. The Balaban J connectivity index is 2.20. The van der Waals surface area contributed by atoms with Gasteiger partial charge in [-0.2, -0.15) is 0 Å². The van der Waals surface area contributed by atoms with Crippen LogP contribution in [0.1, 0.15) is 42.3 Å². The quantitative estimate of drug-likeness (QED) is 0.860. The van der Waals surface area contributed by atoms with E-state index in [1.165, 1.54) is 28.7 Å². The zero-order valence-corrected chi connectivity index (χ0v) is 16.9. The standard InChI is InChI=1S/C19H23ClN2O3S/c1-19(2,3)15-8-5-13(6-9-15)12-22(4)18(23)14-7-10-16(20)17(11-14)26(21,24)25/h5-11H,12H2,1-4H3,(H2,21,24,25). The lowest BCUT2D eigenvalue weighted by Gasteiger charge is -2.21. The fraction of sp³-hybridized carbons (Fsp3) is 0.316. The summed E-state index contributed by atoms with van der Waals surface area (Å²) in [5, 5.41) is 5.13. The van der Waals surface area contributed by atoms with E-state index in [0.717, 1.165) is 5.56 Å². The van der Waals surface area contributed by atoms with Crippen molar-refractivity contribution in [3.8, 4) is 0 Å². The molecule has 2 aromatic rings. The Kier molecular flexibility index (Phi) is 5.80. The molecular formula is C19H23ClN2O3S. The largest absolute Gasteiger partial charge is 0.337 e. The lowest BCUT2D eigenvalue weighted by atomic mass is 9.87. The van der Waals surface area contributed by atoms with E-state index in [2.05, 4.69) is 32.9 Å². The van der Waals surface area contributed by atoms with Crippen LogP contribution in [-0.4, -0.2) is 26.3 Å². The van der Waals surface area contributed by atoms with Crippen molar-refractivity contribution in [1.29, 1.82) is 0 Å². The summed E-state index contributed by atoms with van der Waals surface area (Å²) in [7, 11) is -2.34. The van der Waals surface area contributed by atoms with Gasteiger partial charge in [0.25, 0.3) is 5.91 Å². The molecule has 0 saturated heterocycles. The predicted octanol–water partition coefficient (Wildman–Crippen LogP) is 3.56. The van der Waals surface area contributed by atoms with Gasteiger partial charge in [-0.1, -0.05) is 56.6 Å². The second-order valence-electron chi connectivity index (χ2n) is 7.30. The lowest BCUT2D eigenvalue weighted by molar-refractivity contribution is 0.0785. The van der Waals surface area contributed by atoms with Crippen LogP contribution >= 0.6 is 11.6 Å². The molecule has 0 aromatic heterocycles. The number of benzene rings is 2. The number of carbonyl (C=O) groups is 1. The number of amides is 1. The van der Waals surface area contributed by atoms with Crippen LogP contribution in [0.4, 0.5) is 0 Å². The van der Waals surface area contributed by atoms with Crippen LogP contribution in [0.3, 0.4) is 0 Å². The van der Waals surface area contributed by atoms with Crippen molar-refractivity contribution in [3.63, 3.8) is 0 Å². The highest BCUT2D eigenvalue weighted by Gasteiger charge is 2.19. The zero-order valence-electron chi connectivity index (χ0n) is 15.3. The first kappa shape index (κ1) is 20.4. The summed E-state index contributed by atoms with van der Waals surface area (Å²) in [6, 6.07) is 12.1. The van der Waals surface area contributed by atoms with E-state index in [1.807, 2.05) is 12.1 Å². The topological polar surface area (TPSA) is 80.5 Å². The third kappa shape index (κ3) is 4.84. The Morgan fingerprint density at radius 3 is 2.19 bits per heavy atom. The van der Waals surface area contributed by atoms with Gasteiger partial charge >= 0.3 is 0 Å². The highest BCUT2D eigenvalue weighted by molar-refractivity contribution is 7.89. The second kappa shape index (κ2) is 7.39. The van der Waals surface area contributed by atoms with Gasteiger partial charge in [0.2, 0.25) is 10.0 Å². The first-order chi connectivity index (χ1) is 11.9. The maximum atomic E-state index is 12.6. The van der Waals surface area contributed by atoms with Crippen molar-refractivity contribution in [1.82, 2.24) is 4.90 Å². The van der Waals surface area contributed by atoms with E-state index in [1.54, 1.807) is 7.05 Å². The SMILES string of the molecule is CN(Cc1ccc(C(C)(C)C)cc1)C(=O)c1ccc(Cl)c(S(N)(=O)=O)c1. The molecule has 26 heavy (non-hydrogen) atoms. The molecule has 0 unspecified atom stereocenters. The van der Waals surface area contributed by atoms with Crippen LogP contribution in [0, 0.1) is 0 Å². The highest BCUT2D eigenvalue weighted by Crippen LogP contribution is 2.24. The molecule has 0 aliphatic rings. The summed E-state index contributed by atoms with van der Waals surface area (Å²) in [4.78, 5) is 13.9. The Labute approximate surface area is 159 Å². The number of nitrogens with zero attached hydrogens (tertiary/aromatic N) is 1. The third-order valence-corrected chi connectivity index (χ3v) is 5.46. The van der Waals surface area contributed by atoms with Crippen molar-refractivity contribution < 1.29 is 13.2 Å². The maximum absolute atomic E-state index is 12.6. The molecule has 1 amide bonds. The smallest absolute Gasteiger partial charge is 0.253 e. The van der Waals surface area contributed by atoms with Crippen LogP contribution in [0.25, 0.3) is 0 Å². The molecule has 0 heterocycles. The molecular weight excluding hydrogens is 372 g/mol. The van der Waals surface area contributed by atoms with Gasteiger partial charge in [-0.25, -0.2) is 13.6 Å². The number of carbonyl (C=O) groups excluding carboxylic acids is 1. The summed E-state index contributed by atoms with van der Waals surface area (Å²) >= 11 is 5.86. The molecule has 5 nitrogen and oxygen atoms in total. The predicted molar refractivity (Wildman–Crippen MR) is 104 cm³/mol. The zero-order chi connectivity index (χ0) is 19.7. The molecule has 0 aliphatic heterocycles. The van der Waals surface area contributed by atoms with Crippen LogP contribution in [-0.2, 0) is 22.0 Å². The number of nitrogens with two attached hydrogens (primary N) is 1. The summed E-state index contributed by atoms with van der Waals surface area (Å²) < 4.78 is 23.1. The molecule has 2 rings (SSSR count). The van der Waals surface area contributed by atoms with Gasteiger partial charge in [-0.05, 0) is 34.7 Å². The van der Waals surface area contributed by atoms with Gasteiger partial charge in [0.1, 0.15) is 4.90 Å². The lowest BCUT2D eigenvalue weighted by Crippen LogP contribution is -2.26. The highest BCUT2D eigenvalue weighted by atomic mass is 35.5. The molecule has 0 aliphatic carbocycles. The van der Waals surface area contributed by atoms with E-state index < -0.39 is 10.0 Å². The minimum Gasteiger partial charge on any atom is -0.337 e. The summed E-state index contributed by atoms with van der Waals surface area (Å²) in [5.74, 6) is -0.313. The van der Waals surface area contributed by atoms with E-state index >= 15 is 0 Å². The average Bonchev–Trinajstić information content (AvgIpc) is 2.53. The van der Waals surface area contributed by atoms with Gasteiger partial charge in [0, 0.05) is 19.2 Å². The first-order valence-corrected chi connectivity index (χ1v) is 9.99. The molecule has 0 radical (unpaired) electrons. The number of hydrogen-bond donors (Lipinski definition) is 1. The van der Waals surface area contributed by atoms with Crippen molar-refractivity contribution in [2.45, 2.75) is 37.6 Å². The summed E-state index contributed by atoms with van der Waals surface area (Å²) in [6.45, 7) is 6.82. The van der Waals surface area contributed by atoms with Crippen molar-refractivity contribution in [3.05, 3.63) is 64.2 Å². The molecule has 2 aromatic carbocycles. The number of primary sulfonamides is 1. The third-order valence-electron chi connectivity index (χ3n) is 4.07. The Morgan fingerprint density at radius 2 is 1.69 bits per heavy atom. The van der Waals surface area contributed by atoms with Crippen LogP contribution < -0.4 is 5.14 Å². The van der Waals surface area contributed by atoms with Crippen molar-refractivity contribution >= 4 is 27.5 Å². The summed E-state index contributed by atoms with van der Waals surface area (Å²) in [6.07, 6.45) is 0. The fourth-order valence-corrected chi connectivity index (χ4v) is 3.60. The molecule has 0 atom stereocenters. The average molecular weight is 395 g/mol. The van der Waals surface area contributed by atoms with E-state index in [0.29, 0.717) is 6.54 Å². The van der Waals surface area contributed by atoms with E-state index in [4.69, 9.17) is 16.7 Å². The molecule has 0 fully saturated rings. The van der Waals surface area contributed by atoms with Gasteiger partial charge < -0.3 is 4.90 Å². The van der Waals surface area contributed by atoms with Crippen LogP contribution in [0.2, 0.25) is 5.02 Å². The molecule has 2 N–H and O–H groups in total. The summed E-state index contributed by atoms with van der Waals surface area (Å²) in [5.41, 5.74) is 2.47. The number of halogens is 1. The molecule has 0 saturated carbocycles. The van der Waals surface area contributed by atoms with Gasteiger partial charge in [-0.15, -0.1) is 0 Å². The minimum atomic E-state index is -4.00. The van der Waals surface area contributed by atoms with Gasteiger partial charge in [-0.3, -0.25) is 4.79 Å². The van der Waals surface area contributed by atoms with E-state index in [9.17, 15) is 13.2 Å². The molecule has 0 bridgehead atoms. The second-order valence-corrected chi connectivity index (χ2v) is 9.24. The normalized spacial score (nSPS) is 12.1. The van der Waals surface area contributed by atoms with Crippen LogP contribution in [0.15, 0.2) is 47.4 Å². The van der Waals surface area contributed by atoms with Crippen LogP contribution in [0.5, 0.6) is 0 Å². The Hall–Kier alpha value is -1.89. The minimum absolute atomic E-state index is 0.00975. The van der Waals surface area contributed by atoms with Gasteiger partial charge in [0.15, 0.2) is 0 Å². The first-order valence-electron chi connectivity index (χ1n) is 8.07. The molecule has 7 heteroatoms. The van der Waals surface area contributed by atoms with Crippen molar-refractivity contribution in [2.75, 3.05) is 7.05 Å². The van der Waals surface area contributed by atoms with Crippen molar-refractivity contribution in [2.24, 2.45) is 5.14 Å².